The molecule has 2 aromatic heterocycles. The van der Waals surface area contributed by atoms with Gasteiger partial charge in [0.05, 0.1) is 0 Å². The number of nitrogens with zero attached hydrogens (tertiary/aromatic N) is 3. The fourth-order valence-electron chi connectivity index (χ4n) is 1.80. The summed E-state index contributed by atoms with van der Waals surface area (Å²) in [6.07, 6.45) is 2.26. The Labute approximate surface area is 110 Å². The molecule has 19 heavy (non-hydrogen) atoms. The average molecular weight is 252 g/mol. The van der Waals surface area contributed by atoms with E-state index in [4.69, 9.17) is 10.3 Å². The summed E-state index contributed by atoms with van der Waals surface area (Å²) < 4.78 is 5.23. The van der Waals surface area contributed by atoms with Crippen molar-refractivity contribution in [3.63, 3.8) is 0 Å². The van der Waals surface area contributed by atoms with Gasteiger partial charge in [0.25, 0.3) is 5.89 Å². The first kappa shape index (κ1) is 11.4. The van der Waals surface area contributed by atoms with Crippen molar-refractivity contribution in [2.24, 2.45) is 0 Å². The van der Waals surface area contributed by atoms with E-state index in [0.717, 1.165) is 11.1 Å². The number of benzene rings is 1. The third kappa shape index (κ3) is 2.60. The summed E-state index contributed by atoms with van der Waals surface area (Å²) in [4.78, 5) is 8.28. The largest absolute Gasteiger partial charge is 0.384 e. The number of anilines is 1. The van der Waals surface area contributed by atoms with Crippen molar-refractivity contribution in [3.05, 3.63) is 60.0 Å². The highest BCUT2D eigenvalue weighted by molar-refractivity contribution is 5.56. The van der Waals surface area contributed by atoms with Crippen molar-refractivity contribution in [2.75, 3.05) is 5.73 Å². The third-order valence-electron chi connectivity index (χ3n) is 2.70. The summed E-state index contributed by atoms with van der Waals surface area (Å²) in [5.74, 6) is 1.54. The Morgan fingerprint density at radius 2 is 1.95 bits per heavy atom. The van der Waals surface area contributed by atoms with Gasteiger partial charge in [0.2, 0.25) is 0 Å². The first-order chi connectivity index (χ1) is 9.31. The molecular formula is C14H12N4O. The van der Waals surface area contributed by atoms with Crippen LogP contribution in [0.1, 0.15) is 11.4 Å². The number of nitrogens with two attached hydrogens (primary N) is 1. The Bertz CT molecular complexity index is 679. The second-order valence-corrected chi connectivity index (χ2v) is 4.15. The molecule has 0 amide bonds. The maximum absolute atomic E-state index is 5.63. The predicted molar refractivity (Wildman–Crippen MR) is 71.2 cm³/mol. The molecule has 0 saturated carbocycles. The van der Waals surface area contributed by atoms with E-state index in [1.54, 1.807) is 18.3 Å². The van der Waals surface area contributed by atoms with Crippen molar-refractivity contribution in [2.45, 2.75) is 6.42 Å². The van der Waals surface area contributed by atoms with Gasteiger partial charge in [-0.3, -0.25) is 0 Å². The van der Waals surface area contributed by atoms with Gasteiger partial charge in [-0.1, -0.05) is 35.5 Å². The van der Waals surface area contributed by atoms with Crippen LogP contribution < -0.4 is 5.73 Å². The van der Waals surface area contributed by atoms with E-state index in [2.05, 4.69) is 15.1 Å². The minimum absolute atomic E-state index is 0.431. The van der Waals surface area contributed by atoms with Crippen LogP contribution in [-0.4, -0.2) is 15.1 Å². The molecule has 0 saturated heterocycles. The van der Waals surface area contributed by atoms with Gasteiger partial charge in [-0.15, -0.1) is 0 Å². The van der Waals surface area contributed by atoms with Crippen LogP contribution >= 0.6 is 0 Å². The normalized spacial score (nSPS) is 10.5. The van der Waals surface area contributed by atoms with Crippen molar-refractivity contribution in [1.29, 1.82) is 0 Å². The lowest BCUT2D eigenvalue weighted by atomic mass is 10.1. The average Bonchev–Trinajstić information content (AvgIpc) is 2.88. The maximum Gasteiger partial charge on any atom is 0.258 e. The van der Waals surface area contributed by atoms with Gasteiger partial charge >= 0.3 is 0 Å². The second kappa shape index (κ2) is 4.89. The van der Waals surface area contributed by atoms with E-state index in [1.165, 1.54) is 0 Å². The molecule has 2 N–H and O–H groups in total. The quantitative estimate of drug-likeness (QED) is 0.773. The van der Waals surface area contributed by atoms with E-state index >= 15 is 0 Å². The number of hydrogen-bond acceptors (Lipinski definition) is 5. The van der Waals surface area contributed by atoms with Gasteiger partial charge in [-0.2, -0.15) is 4.98 Å². The zero-order valence-electron chi connectivity index (χ0n) is 10.2. The van der Waals surface area contributed by atoms with E-state index in [-0.39, 0.29) is 0 Å². The molecule has 0 aliphatic carbocycles. The summed E-state index contributed by atoms with van der Waals surface area (Å²) in [6, 6.07) is 13.5. The van der Waals surface area contributed by atoms with Crippen LogP contribution in [0.15, 0.2) is 53.2 Å². The molecule has 0 fully saturated rings. The van der Waals surface area contributed by atoms with Gasteiger partial charge in [0.15, 0.2) is 5.82 Å². The van der Waals surface area contributed by atoms with E-state index in [9.17, 15) is 0 Å². The van der Waals surface area contributed by atoms with Gasteiger partial charge in [-0.05, 0) is 17.7 Å². The van der Waals surface area contributed by atoms with Crippen molar-refractivity contribution in [1.82, 2.24) is 15.1 Å². The second-order valence-electron chi connectivity index (χ2n) is 4.15. The van der Waals surface area contributed by atoms with E-state index in [1.807, 2.05) is 30.3 Å². The van der Waals surface area contributed by atoms with Crippen molar-refractivity contribution in [3.8, 4) is 11.5 Å². The fraction of sp³-hybridized carbons (Fsp3) is 0.0714. The van der Waals surface area contributed by atoms with Crippen LogP contribution in [0.4, 0.5) is 5.82 Å². The molecule has 5 nitrogen and oxygen atoms in total. The van der Waals surface area contributed by atoms with Crippen LogP contribution in [0.5, 0.6) is 0 Å². The van der Waals surface area contributed by atoms with Crippen molar-refractivity contribution < 1.29 is 4.52 Å². The molecule has 2 heterocycles. The molecule has 3 aromatic rings. The molecule has 0 aliphatic heterocycles. The summed E-state index contributed by atoms with van der Waals surface area (Å²) in [6.45, 7) is 0. The van der Waals surface area contributed by atoms with Gasteiger partial charge in [0.1, 0.15) is 5.82 Å². The Kier molecular flexibility index (Phi) is 2.94. The lowest BCUT2D eigenvalue weighted by Gasteiger charge is -1.95. The zero-order chi connectivity index (χ0) is 13.1. The molecule has 0 aliphatic rings. The fourth-order valence-corrected chi connectivity index (χ4v) is 1.80. The van der Waals surface area contributed by atoms with Crippen LogP contribution in [0.3, 0.4) is 0 Å². The number of rotatable bonds is 3. The monoisotopic (exact) mass is 252 g/mol. The lowest BCUT2D eigenvalue weighted by molar-refractivity contribution is 0.424. The lowest BCUT2D eigenvalue weighted by Crippen LogP contribution is -1.91. The standard InChI is InChI=1S/C14H12N4O/c15-12-9-11(6-7-16-12)14-17-13(18-19-14)8-10-4-2-1-3-5-10/h1-7,9H,8H2,(H2,15,16). The maximum atomic E-state index is 5.63. The van der Waals surface area contributed by atoms with Crippen LogP contribution in [0, 0.1) is 0 Å². The number of hydrogen-bond donors (Lipinski definition) is 1. The summed E-state index contributed by atoms with van der Waals surface area (Å²) in [7, 11) is 0. The Morgan fingerprint density at radius 3 is 2.74 bits per heavy atom. The molecule has 0 radical (unpaired) electrons. The molecule has 3 rings (SSSR count). The number of pyridine rings is 1. The third-order valence-corrected chi connectivity index (χ3v) is 2.70. The van der Waals surface area contributed by atoms with Crippen molar-refractivity contribution >= 4 is 5.82 Å². The predicted octanol–water partition coefficient (Wildman–Crippen LogP) is 2.30. The minimum atomic E-state index is 0.431. The molecule has 5 heteroatoms. The molecule has 0 bridgehead atoms. The highest BCUT2D eigenvalue weighted by Gasteiger charge is 2.09. The topological polar surface area (TPSA) is 77.8 Å². The Balaban J connectivity index is 1.84. The summed E-state index contributed by atoms with van der Waals surface area (Å²) in [5.41, 5.74) is 7.55. The van der Waals surface area contributed by atoms with Crippen LogP contribution in [0.2, 0.25) is 0 Å². The molecule has 0 unspecified atom stereocenters. The number of nitrogen functional groups attached to an aromatic ring is 1. The van der Waals surface area contributed by atoms with Gasteiger partial charge in [0, 0.05) is 18.2 Å². The zero-order valence-corrected chi connectivity index (χ0v) is 10.2. The first-order valence-corrected chi connectivity index (χ1v) is 5.90. The molecule has 0 spiro atoms. The molecule has 94 valence electrons. The van der Waals surface area contributed by atoms with Gasteiger partial charge in [-0.25, -0.2) is 4.98 Å². The number of aromatic nitrogens is 3. The van der Waals surface area contributed by atoms with E-state index < -0.39 is 0 Å². The molecule has 1 aromatic carbocycles. The highest BCUT2D eigenvalue weighted by Crippen LogP contribution is 2.18. The molecule has 0 atom stereocenters. The van der Waals surface area contributed by atoms with Crippen LogP contribution in [-0.2, 0) is 6.42 Å². The Hall–Kier alpha value is -2.69. The highest BCUT2D eigenvalue weighted by atomic mass is 16.5. The summed E-state index contributed by atoms with van der Waals surface area (Å²) in [5, 5.41) is 3.97. The smallest absolute Gasteiger partial charge is 0.258 e. The minimum Gasteiger partial charge on any atom is -0.384 e. The summed E-state index contributed by atoms with van der Waals surface area (Å²) >= 11 is 0. The van der Waals surface area contributed by atoms with Gasteiger partial charge < -0.3 is 10.3 Å². The first-order valence-electron chi connectivity index (χ1n) is 5.90. The van der Waals surface area contributed by atoms with E-state index in [0.29, 0.717) is 24.0 Å². The van der Waals surface area contributed by atoms with Crippen LogP contribution in [0.25, 0.3) is 11.5 Å². The molecular weight excluding hydrogens is 240 g/mol. The SMILES string of the molecule is Nc1cc(-c2nc(Cc3ccccc3)no2)ccn1. The Morgan fingerprint density at radius 1 is 1.11 bits per heavy atom.